The van der Waals surface area contributed by atoms with Crippen molar-refractivity contribution in [1.82, 2.24) is 10.9 Å². The first kappa shape index (κ1) is 19.4. The summed E-state index contributed by atoms with van der Waals surface area (Å²) in [4.78, 5) is 24.4. The zero-order valence-electron chi connectivity index (χ0n) is 15.0. The fourth-order valence-corrected chi connectivity index (χ4v) is 3.81. The van der Waals surface area contributed by atoms with Gasteiger partial charge in [0.1, 0.15) is 11.5 Å². The molecule has 2 N–H and O–H groups in total. The van der Waals surface area contributed by atoms with Gasteiger partial charge in [-0.25, -0.2) is 8.42 Å². The van der Waals surface area contributed by atoms with E-state index in [9.17, 15) is 18.0 Å². The van der Waals surface area contributed by atoms with Gasteiger partial charge in [0.05, 0.1) is 4.90 Å². The van der Waals surface area contributed by atoms with Gasteiger partial charge in [-0.15, -0.1) is 0 Å². The fraction of sp³-hybridized carbons (Fsp3) is 0.100. The molecule has 0 aliphatic rings. The molecule has 0 fully saturated rings. The van der Waals surface area contributed by atoms with Crippen molar-refractivity contribution in [3.63, 3.8) is 0 Å². The van der Waals surface area contributed by atoms with Gasteiger partial charge in [-0.2, -0.15) is 0 Å². The Kier molecular flexibility index (Phi) is 5.60. The summed E-state index contributed by atoms with van der Waals surface area (Å²) in [5, 5.41) is 0. The lowest BCUT2D eigenvalue weighted by molar-refractivity contribution is 0.0829. The van der Waals surface area contributed by atoms with Crippen molar-refractivity contribution in [2.45, 2.75) is 17.6 Å². The maximum atomic E-state index is 12.4. The third-order valence-electron chi connectivity index (χ3n) is 4.00. The molecule has 1 heterocycles. The smallest absolute Gasteiger partial charge is 0.305 e. The molecule has 2 aromatic carbocycles. The molecule has 0 aliphatic carbocycles. The number of benzene rings is 2. The molecule has 144 valence electrons. The normalized spacial score (nSPS) is 11.0. The summed E-state index contributed by atoms with van der Waals surface area (Å²) in [7, 11) is -3.59. The summed E-state index contributed by atoms with van der Waals surface area (Å²) in [5.41, 5.74) is 5.75. The van der Waals surface area contributed by atoms with E-state index in [1.54, 1.807) is 49.4 Å². The molecule has 28 heavy (non-hydrogen) atoms. The SMILES string of the molecule is Cc1ccccc1C(=O)NNC(=O)c1ccc(CS(=O)(=O)c2ccccc2)o1. The third kappa shape index (κ3) is 4.47. The fourth-order valence-electron chi connectivity index (χ4n) is 2.55. The van der Waals surface area contributed by atoms with Crippen LogP contribution in [0.3, 0.4) is 0 Å². The van der Waals surface area contributed by atoms with Crippen LogP contribution in [0.5, 0.6) is 0 Å². The number of sulfone groups is 1. The second kappa shape index (κ2) is 8.10. The Morgan fingerprint density at radius 2 is 1.50 bits per heavy atom. The second-order valence-corrected chi connectivity index (χ2v) is 8.05. The third-order valence-corrected chi connectivity index (χ3v) is 5.65. The predicted molar refractivity (Wildman–Crippen MR) is 102 cm³/mol. The molecule has 3 aromatic rings. The van der Waals surface area contributed by atoms with E-state index in [1.807, 2.05) is 0 Å². The molecule has 0 unspecified atom stereocenters. The van der Waals surface area contributed by atoms with Crippen molar-refractivity contribution in [3.05, 3.63) is 89.4 Å². The number of hydrogen-bond acceptors (Lipinski definition) is 5. The first-order chi connectivity index (χ1) is 13.4. The van der Waals surface area contributed by atoms with E-state index in [1.165, 1.54) is 24.3 Å². The number of hydrogen-bond donors (Lipinski definition) is 2. The van der Waals surface area contributed by atoms with E-state index in [0.717, 1.165) is 5.56 Å². The molecule has 0 bridgehead atoms. The van der Waals surface area contributed by atoms with Crippen molar-refractivity contribution in [2.75, 3.05) is 0 Å². The van der Waals surface area contributed by atoms with Crippen molar-refractivity contribution >= 4 is 21.7 Å². The van der Waals surface area contributed by atoms with Gasteiger partial charge in [0.15, 0.2) is 15.6 Å². The molecule has 8 heteroatoms. The van der Waals surface area contributed by atoms with Gasteiger partial charge in [0.2, 0.25) is 0 Å². The summed E-state index contributed by atoms with van der Waals surface area (Å²) >= 11 is 0. The minimum absolute atomic E-state index is 0.108. The first-order valence-electron chi connectivity index (χ1n) is 8.39. The molecule has 0 atom stereocenters. The van der Waals surface area contributed by atoms with Gasteiger partial charge in [-0.1, -0.05) is 36.4 Å². The average molecular weight is 398 g/mol. The summed E-state index contributed by atoms with van der Waals surface area (Å²) in [6, 6.07) is 17.7. The van der Waals surface area contributed by atoms with Gasteiger partial charge in [-0.05, 0) is 42.8 Å². The molecule has 2 amide bonds. The maximum absolute atomic E-state index is 12.4. The van der Waals surface area contributed by atoms with Crippen LogP contribution in [-0.2, 0) is 15.6 Å². The molecule has 1 aromatic heterocycles. The highest BCUT2D eigenvalue weighted by molar-refractivity contribution is 7.90. The molecule has 0 spiro atoms. The van der Waals surface area contributed by atoms with E-state index >= 15 is 0 Å². The zero-order valence-corrected chi connectivity index (χ0v) is 15.8. The molecular formula is C20H18N2O5S. The summed E-state index contributed by atoms with van der Waals surface area (Å²) in [6.45, 7) is 1.78. The number of rotatable bonds is 5. The highest BCUT2D eigenvalue weighted by Crippen LogP contribution is 2.18. The van der Waals surface area contributed by atoms with Crippen LogP contribution in [0, 0.1) is 6.92 Å². The number of furan rings is 1. The number of nitrogens with one attached hydrogen (secondary N) is 2. The van der Waals surface area contributed by atoms with Crippen LogP contribution in [0.25, 0.3) is 0 Å². The monoisotopic (exact) mass is 398 g/mol. The van der Waals surface area contributed by atoms with Crippen LogP contribution in [0.15, 0.2) is 76.0 Å². The van der Waals surface area contributed by atoms with Crippen molar-refractivity contribution in [2.24, 2.45) is 0 Å². The summed E-state index contributed by atoms with van der Waals surface area (Å²) in [6.07, 6.45) is 0. The van der Waals surface area contributed by atoms with E-state index in [-0.39, 0.29) is 22.2 Å². The lowest BCUT2D eigenvalue weighted by Crippen LogP contribution is -2.41. The van der Waals surface area contributed by atoms with Gasteiger partial charge in [0.25, 0.3) is 5.91 Å². The Morgan fingerprint density at radius 1 is 0.857 bits per heavy atom. The highest BCUT2D eigenvalue weighted by Gasteiger charge is 2.19. The van der Waals surface area contributed by atoms with Gasteiger partial charge >= 0.3 is 5.91 Å². The molecule has 3 rings (SSSR count). The maximum Gasteiger partial charge on any atom is 0.305 e. The molecular weight excluding hydrogens is 380 g/mol. The Hall–Kier alpha value is -3.39. The Labute approximate surface area is 162 Å². The molecule has 0 radical (unpaired) electrons. The van der Waals surface area contributed by atoms with Crippen LogP contribution in [-0.4, -0.2) is 20.2 Å². The second-order valence-electron chi connectivity index (χ2n) is 6.06. The summed E-state index contributed by atoms with van der Waals surface area (Å²) < 4.78 is 30.1. The molecule has 0 saturated heterocycles. The Bertz CT molecular complexity index is 1100. The number of carbonyl (C=O) groups excluding carboxylic acids is 2. The van der Waals surface area contributed by atoms with Gasteiger partial charge in [0, 0.05) is 5.56 Å². The van der Waals surface area contributed by atoms with Crippen LogP contribution in [0.2, 0.25) is 0 Å². The van der Waals surface area contributed by atoms with Crippen LogP contribution in [0.1, 0.15) is 32.2 Å². The van der Waals surface area contributed by atoms with Crippen LogP contribution >= 0.6 is 0 Å². The predicted octanol–water partition coefficient (Wildman–Crippen LogP) is 2.64. The number of aryl methyl sites for hydroxylation is 1. The first-order valence-corrected chi connectivity index (χ1v) is 10.0. The minimum Gasteiger partial charge on any atom is -0.455 e. The number of amides is 2. The Balaban J connectivity index is 1.63. The van der Waals surface area contributed by atoms with Gasteiger partial charge in [-0.3, -0.25) is 20.4 Å². The molecule has 0 saturated carbocycles. The van der Waals surface area contributed by atoms with Crippen molar-refractivity contribution < 1.29 is 22.4 Å². The van der Waals surface area contributed by atoms with E-state index < -0.39 is 21.7 Å². The van der Waals surface area contributed by atoms with Crippen LogP contribution in [0.4, 0.5) is 0 Å². The van der Waals surface area contributed by atoms with Crippen molar-refractivity contribution in [1.29, 1.82) is 0 Å². The van der Waals surface area contributed by atoms with Crippen LogP contribution < -0.4 is 10.9 Å². The average Bonchev–Trinajstić information content (AvgIpc) is 3.15. The summed E-state index contributed by atoms with van der Waals surface area (Å²) in [5.74, 6) is -1.52. The zero-order chi connectivity index (χ0) is 20.1. The van der Waals surface area contributed by atoms with Gasteiger partial charge < -0.3 is 4.42 Å². The number of hydrazine groups is 1. The lowest BCUT2D eigenvalue weighted by Gasteiger charge is -2.08. The molecule has 7 nitrogen and oxygen atoms in total. The Morgan fingerprint density at radius 3 is 2.21 bits per heavy atom. The number of carbonyl (C=O) groups is 2. The molecule has 0 aliphatic heterocycles. The lowest BCUT2D eigenvalue weighted by atomic mass is 10.1. The quantitative estimate of drug-likeness (QED) is 0.643. The van der Waals surface area contributed by atoms with Crippen molar-refractivity contribution in [3.8, 4) is 0 Å². The highest BCUT2D eigenvalue weighted by atomic mass is 32.2. The van der Waals surface area contributed by atoms with E-state index in [4.69, 9.17) is 4.42 Å². The standard InChI is InChI=1S/C20H18N2O5S/c1-14-7-5-6-10-17(14)19(23)21-22-20(24)18-12-11-15(27-18)13-28(25,26)16-8-3-2-4-9-16/h2-12H,13H2,1H3,(H,21,23)(H,22,24). The minimum atomic E-state index is -3.59. The largest absolute Gasteiger partial charge is 0.455 e. The topological polar surface area (TPSA) is 105 Å². The van der Waals surface area contributed by atoms with E-state index in [2.05, 4.69) is 10.9 Å². The van der Waals surface area contributed by atoms with E-state index in [0.29, 0.717) is 5.56 Å².